The van der Waals surface area contributed by atoms with Crippen molar-refractivity contribution >= 4 is 197 Å². The van der Waals surface area contributed by atoms with Crippen LogP contribution in [-0.4, -0.2) is 114 Å². The summed E-state index contributed by atoms with van der Waals surface area (Å²) < 4.78 is 112. The van der Waals surface area contributed by atoms with Crippen LogP contribution in [0.5, 0.6) is 0 Å². The van der Waals surface area contributed by atoms with E-state index in [9.17, 15) is 59.9 Å². The van der Waals surface area contributed by atoms with Crippen molar-refractivity contribution in [3.8, 4) is 67.5 Å². The van der Waals surface area contributed by atoms with E-state index >= 15 is 0 Å². The Morgan fingerprint density at radius 1 is 0.390 bits per heavy atom. The molecule has 13 aromatic rings. The average Bonchev–Trinajstić information content (AvgIpc) is 0.780. The number of carbonyl (C=O) groups is 7. The second-order valence-corrected chi connectivity index (χ2v) is 36.4. The fraction of sp³-hybridized carbons (Fsp3) is 0.186. The maximum Gasteiger partial charge on any atom is 0.408 e. The number of ether oxygens (including phenoxy) is 7. The molecule has 0 saturated heterocycles. The van der Waals surface area contributed by atoms with Crippen LogP contribution in [0, 0.1) is 34.9 Å². The third kappa shape index (κ3) is 31.2. The van der Waals surface area contributed by atoms with E-state index in [0.717, 1.165) is 5.56 Å². The summed E-state index contributed by atoms with van der Waals surface area (Å²) in [4.78, 5) is 112. The molecule has 0 aliphatic heterocycles. The molecular formula is C97H76BrCl12F6N11O14. The van der Waals surface area contributed by atoms with Crippen LogP contribution in [0.15, 0.2) is 217 Å². The van der Waals surface area contributed by atoms with Gasteiger partial charge in [-0.3, -0.25) is 19.2 Å². The number of methoxy groups -OCH3 is 6. The molecule has 0 bridgehead atoms. The first kappa shape index (κ1) is 115. The number of alkyl carbamates (subject to hydrolysis) is 1. The zero-order valence-corrected chi connectivity index (χ0v) is 85.9. The molecular weight excluding hydrogens is 2160 g/mol. The standard InChI is InChI=1S/C23H19Cl2FN2O4.C15H11BrCl2FNO2.C15H11Cl2FN4O2.C15H13Cl2FN2O2.C15H12Cl2FNO2.C14H10Cl2FNO2/c1-23(21(29)31-2,28-22(30)32-13-14-6-4-3-5-7-14)16-11-19(27-20(25)12-16)15-8-9-18(26)17(24)10-15;1-15(16,14(21)22-2)9-6-12(20-13(18)7-9)8-3-4-11(19)10(17)5-8;1-15(21-22-19,14(23)24-2)9-6-12(20-13(17)7-9)8-3-4-11(18)10(16)5-8;1-15(19,14(21)22-2)9-6-12(20-13(17)7-9)8-3-4-11(18)10(16)5-8;1-8(15(20)21-2)10-6-13(19-14(17)7-10)9-3-4-12(18)11(16)5-9;1-20-14(19)6-8-4-12(18-13(16)5-8)9-2-3-11(17)10(15)7-9/h3-12H,13H2,1-2H3,(H,28,30);3-7H,1-2H3;3-7H,1-2H3;3-7H,19H2,1-2H3;3-8H,1-2H3;2-5,7H,6H2,1H3. The molecule has 25 nitrogen and oxygen atoms in total. The predicted octanol–water partition coefficient (Wildman–Crippen LogP) is 27.3. The van der Waals surface area contributed by atoms with Crippen LogP contribution in [0.1, 0.15) is 79.5 Å². The summed E-state index contributed by atoms with van der Waals surface area (Å²) in [6.45, 7) is 7.72. The molecule has 5 atom stereocenters. The van der Waals surface area contributed by atoms with E-state index in [1.54, 1.807) is 80.6 Å². The molecule has 7 aromatic carbocycles. The third-order valence-electron chi connectivity index (χ3n) is 20.2. The third-order valence-corrected chi connectivity index (χ3v) is 23.9. The number of nitrogens with zero attached hydrogens (tertiary/aromatic N) is 9. The topological polar surface area (TPSA) is 348 Å². The Morgan fingerprint density at radius 3 is 1.08 bits per heavy atom. The number of carbonyl (C=O) groups excluding carboxylic acids is 7. The summed E-state index contributed by atoms with van der Waals surface area (Å²) in [7, 11) is 7.55. The highest BCUT2D eigenvalue weighted by atomic mass is 79.9. The van der Waals surface area contributed by atoms with Crippen molar-refractivity contribution in [2.24, 2.45) is 10.8 Å². The fourth-order valence-corrected chi connectivity index (χ4v) is 15.2. The van der Waals surface area contributed by atoms with E-state index in [0.29, 0.717) is 89.8 Å². The Morgan fingerprint density at radius 2 is 0.716 bits per heavy atom. The van der Waals surface area contributed by atoms with Gasteiger partial charge in [0.2, 0.25) is 0 Å². The minimum absolute atomic E-state index is 0.00112. The highest BCUT2D eigenvalue weighted by Gasteiger charge is 2.41. The van der Waals surface area contributed by atoms with Gasteiger partial charge in [-0.05, 0) is 261 Å². The number of pyridine rings is 6. The van der Waals surface area contributed by atoms with Gasteiger partial charge in [0.05, 0.1) is 119 Å². The van der Waals surface area contributed by atoms with Crippen LogP contribution >= 0.6 is 155 Å². The minimum atomic E-state index is -1.65. The summed E-state index contributed by atoms with van der Waals surface area (Å²) in [5, 5.41) is 6.78. The maximum absolute atomic E-state index is 13.6. The van der Waals surface area contributed by atoms with Crippen molar-refractivity contribution in [1.29, 1.82) is 0 Å². The van der Waals surface area contributed by atoms with Crippen molar-refractivity contribution in [2.75, 3.05) is 42.7 Å². The minimum Gasteiger partial charge on any atom is -0.469 e. The molecule has 141 heavy (non-hydrogen) atoms. The fourth-order valence-electron chi connectivity index (χ4n) is 12.5. The van der Waals surface area contributed by atoms with Gasteiger partial charge < -0.3 is 44.2 Å². The highest BCUT2D eigenvalue weighted by Crippen LogP contribution is 2.40. The van der Waals surface area contributed by atoms with E-state index in [-0.39, 0.29) is 97.1 Å². The van der Waals surface area contributed by atoms with Crippen molar-refractivity contribution in [1.82, 2.24) is 35.2 Å². The van der Waals surface area contributed by atoms with Gasteiger partial charge in [-0.1, -0.05) is 191 Å². The molecule has 736 valence electrons. The number of aromatic nitrogens is 6. The first-order chi connectivity index (χ1) is 66.4. The van der Waals surface area contributed by atoms with E-state index in [1.807, 2.05) is 18.2 Å². The van der Waals surface area contributed by atoms with Gasteiger partial charge >= 0.3 is 41.9 Å². The van der Waals surface area contributed by atoms with Crippen LogP contribution in [0.4, 0.5) is 31.1 Å². The zero-order chi connectivity index (χ0) is 104. The molecule has 0 radical (unpaired) electrons. The number of rotatable bonds is 22. The second kappa shape index (κ2) is 51.9. The largest absolute Gasteiger partial charge is 0.469 e. The number of hydrogen-bond acceptors (Lipinski definition) is 22. The first-order valence-corrected chi connectivity index (χ1v) is 45.6. The Hall–Kier alpha value is -11.7. The van der Waals surface area contributed by atoms with E-state index < -0.39 is 91.7 Å². The molecule has 0 aliphatic carbocycles. The SMILES string of the molecule is COC(=O)C(C)(Br)c1cc(Cl)nc(-c2ccc(F)c(Cl)c2)c1.COC(=O)C(C)(N)c1cc(Cl)nc(-c2ccc(F)c(Cl)c2)c1.COC(=O)C(C)(N=[N+]=[N-])c1cc(Cl)nc(-c2ccc(F)c(Cl)c2)c1.COC(=O)C(C)(NC(=O)OCc1ccccc1)c1cc(Cl)nc(-c2ccc(F)c(Cl)c2)c1.COC(=O)C(C)c1cc(Cl)nc(-c2ccc(F)c(Cl)c2)c1.COC(=O)Cc1cc(Cl)nc(-c2ccc(F)c(Cl)c2)c1. The van der Waals surface area contributed by atoms with Crippen LogP contribution in [0.25, 0.3) is 78.0 Å². The quantitative estimate of drug-likeness (QED) is 0.00930. The van der Waals surface area contributed by atoms with Crippen molar-refractivity contribution in [3.63, 3.8) is 0 Å². The molecule has 44 heteroatoms. The smallest absolute Gasteiger partial charge is 0.408 e. The van der Waals surface area contributed by atoms with Gasteiger partial charge in [0.15, 0.2) is 11.1 Å². The number of nitrogens with two attached hydrogens (primary N) is 1. The lowest BCUT2D eigenvalue weighted by atomic mass is 9.91. The second-order valence-electron chi connectivity index (χ2n) is 30.1. The molecule has 5 unspecified atom stereocenters. The summed E-state index contributed by atoms with van der Waals surface area (Å²) in [6.07, 6.45) is -0.748. The van der Waals surface area contributed by atoms with Crippen LogP contribution < -0.4 is 11.1 Å². The van der Waals surface area contributed by atoms with Gasteiger partial charge in [0, 0.05) is 38.3 Å². The Labute approximate surface area is 871 Å². The van der Waals surface area contributed by atoms with Gasteiger partial charge in [-0.15, -0.1) is 0 Å². The van der Waals surface area contributed by atoms with E-state index in [4.69, 9.17) is 179 Å². The molecule has 13 rings (SSSR count). The average molecular weight is 2240 g/mol. The maximum atomic E-state index is 13.6. The molecule has 0 aliphatic rings. The lowest BCUT2D eigenvalue weighted by molar-refractivity contribution is -0.148. The Balaban J connectivity index is 0.000000209. The molecule has 3 N–H and O–H groups in total. The van der Waals surface area contributed by atoms with E-state index in [1.165, 1.54) is 191 Å². The number of benzene rings is 7. The van der Waals surface area contributed by atoms with Crippen LogP contribution in [0.3, 0.4) is 0 Å². The summed E-state index contributed by atoms with van der Waals surface area (Å²) in [6, 6.07) is 52.8. The predicted molar refractivity (Wildman–Crippen MR) is 534 cm³/mol. The number of alkyl halides is 1. The van der Waals surface area contributed by atoms with E-state index in [2.05, 4.69) is 65.9 Å². The molecule has 6 aromatic heterocycles. The molecule has 6 heterocycles. The van der Waals surface area contributed by atoms with Crippen LogP contribution in [-0.2, 0) is 95.9 Å². The lowest BCUT2D eigenvalue weighted by Gasteiger charge is -2.28. The highest BCUT2D eigenvalue weighted by molar-refractivity contribution is 9.10. The normalized spacial score (nSPS) is 12.5. The summed E-state index contributed by atoms with van der Waals surface area (Å²) in [5.74, 6) is -7.06. The summed E-state index contributed by atoms with van der Waals surface area (Å²) in [5.41, 5.74) is 19.7. The van der Waals surface area contributed by atoms with Gasteiger partial charge in [-0.25, -0.2) is 70.6 Å². The Bertz CT molecular complexity index is 6770. The molecule has 0 fully saturated rings. The lowest BCUT2D eigenvalue weighted by Crippen LogP contribution is -2.50. The van der Waals surface area contributed by atoms with Crippen molar-refractivity contribution in [3.05, 3.63) is 358 Å². The number of hydrogen-bond donors (Lipinski definition) is 2. The van der Waals surface area contributed by atoms with Gasteiger partial charge in [-0.2, -0.15) is 0 Å². The zero-order valence-electron chi connectivity index (χ0n) is 75.2. The van der Waals surface area contributed by atoms with Gasteiger partial charge in [0.1, 0.15) is 82.3 Å². The van der Waals surface area contributed by atoms with Crippen molar-refractivity contribution in [2.45, 2.75) is 74.5 Å². The molecule has 0 spiro atoms. The van der Waals surface area contributed by atoms with Crippen LogP contribution in [0.2, 0.25) is 61.1 Å². The number of nitrogens with one attached hydrogen (secondary N) is 1. The summed E-state index contributed by atoms with van der Waals surface area (Å²) >= 11 is 74.2. The number of halogens is 19. The van der Waals surface area contributed by atoms with Crippen molar-refractivity contribution < 1.29 is 93.1 Å². The monoisotopic (exact) mass is 2230 g/mol. The van der Waals surface area contributed by atoms with Gasteiger partial charge in [0.25, 0.3) is 0 Å². The first-order valence-electron chi connectivity index (χ1n) is 40.3. The molecule has 0 saturated carbocycles. The molecule has 1 amide bonds. The number of amides is 1. The number of azide groups is 1. The number of esters is 6. The Kier molecular flexibility index (Phi) is 42.1.